The van der Waals surface area contributed by atoms with Crippen LogP contribution in [0.15, 0.2) is 0 Å². The second-order valence-corrected chi connectivity index (χ2v) is 5.46. The molecule has 0 saturated carbocycles. The topological polar surface area (TPSA) is 20.2 Å². The zero-order valence-corrected chi connectivity index (χ0v) is 12.4. The molecule has 0 aromatic heterocycles. The minimum absolute atomic E-state index is 0.0383. The van der Waals surface area contributed by atoms with E-state index < -0.39 is 0 Å². The lowest BCUT2D eigenvalue weighted by Gasteiger charge is -2.23. The zero-order chi connectivity index (χ0) is 12.9. The Morgan fingerprint density at radius 3 is 1.53 bits per heavy atom. The average molecular weight is 242 g/mol. The first-order valence-corrected chi connectivity index (χ1v) is 7.94. The molecule has 0 aliphatic rings. The second-order valence-electron chi connectivity index (χ2n) is 5.46. The van der Waals surface area contributed by atoms with Crippen molar-refractivity contribution < 1.29 is 5.11 Å². The normalized spacial score (nSPS) is 13.2. The summed E-state index contributed by atoms with van der Waals surface area (Å²) in [6, 6.07) is 0. The SMILES string of the molecule is CCCCCC(CCCCC)C(O)CCCC. The molecule has 0 rings (SSSR count). The Kier molecular flexibility index (Phi) is 12.4. The van der Waals surface area contributed by atoms with Crippen LogP contribution in [0.2, 0.25) is 0 Å². The van der Waals surface area contributed by atoms with Crippen LogP contribution in [0.5, 0.6) is 0 Å². The van der Waals surface area contributed by atoms with Gasteiger partial charge in [-0.05, 0) is 25.2 Å². The lowest BCUT2D eigenvalue weighted by atomic mass is 9.88. The lowest BCUT2D eigenvalue weighted by molar-refractivity contribution is 0.0836. The van der Waals surface area contributed by atoms with E-state index in [1.165, 1.54) is 64.2 Å². The van der Waals surface area contributed by atoms with Gasteiger partial charge >= 0.3 is 0 Å². The second kappa shape index (κ2) is 12.4. The summed E-state index contributed by atoms with van der Waals surface area (Å²) >= 11 is 0. The highest BCUT2D eigenvalue weighted by molar-refractivity contribution is 4.69. The minimum atomic E-state index is -0.0383. The van der Waals surface area contributed by atoms with E-state index in [2.05, 4.69) is 20.8 Å². The fraction of sp³-hybridized carbons (Fsp3) is 1.00. The molecule has 0 aromatic carbocycles. The smallest absolute Gasteiger partial charge is 0.0568 e. The first-order valence-electron chi connectivity index (χ1n) is 7.94. The third-order valence-corrected chi connectivity index (χ3v) is 3.75. The molecule has 0 fully saturated rings. The third-order valence-electron chi connectivity index (χ3n) is 3.75. The predicted octanol–water partition coefficient (Wildman–Crippen LogP) is 5.31. The maximum absolute atomic E-state index is 10.2. The Balaban J connectivity index is 3.89. The Labute approximate surface area is 109 Å². The van der Waals surface area contributed by atoms with Crippen LogP contribution in [0, 0.1) is 5.92 Å². The van der Waals surface area contributed by atoms with Gasteiger partial charge in [0.05, 0.1) is 6.10 Å². The Morgan fingerprint density at radius 1 is 0.647 bits per heavy atom. The molecule has 0 spiro atoms. The van der Waals surface area contributed by atoms with Gasteiger partial charge in [-0.2, -0.15) is 0 Å². The molecule has 0 amide bonds. The van der Waals surface area contributed by atoms with Gasteiger partial charge in [0.1, 0.15) is 0 Å². The minimum Gasteiger partial charge on any atom is -0.393 e. The van der Waals surface area contributed by atoms with E-state index in [0.29, 0.717) is 5.92 Å². The average Bonchev–Trinajstić information content (AvgIpc) is 2.34. The van der Waals surface area contributed by atoms with Crippen molar-refractivity contribution in [3.05, 3.63) is 0 Å². The van der Waals surface area contributed by atoms with E-state index in [-0.39, 0.29) is 6.10 Å². The first kappa shape index (κ1) is 17.0. The van der Waals surface area contributed by atoms with E-state index >= 15 is 0 Å². The van der Waals surface area contributed by atoms with Crippen molar-refractivity contribution in [1.29, 1.82) is 0 Å². The standard InChI is InChI=1S/C16H34O/c1-4-7-10-12-15(13-11-8-5-2)16(17)14-9-6-3/h15-17H,4-14H2,1-3H3. The summed E-state index contributed by atoms with van der Waals surface area (Å²) in [5, 5.41) is 10.2. The van der Waals surface area contributed by atoms with Crippen molar-refractivity contribution in [2.75, 3.05) is 0 Å². The molecule has 1 nitrogen and oxygen atoms in total. The highest BCUT2D eigenvalue weighted by Gasteiger charge is 2.17. The molecule has 1 atom stereocenters. The summed E-state index contributed by atoms with van der Waals surface area (Å²) < 4.78 is 0. The van der Waals surface area contributed by atoms with Gasteiger partial charge in [0.2, 0.25) is 0 Å². The van der Waals surface area contributed by atoms with Crippen molar-refractivity contribution in [3.63, 3.8) is 0 Å². The summed E-state index contributed by atoms with van der Waals surface area (Å²) in [5.74, 6) is 0.569. The van der Waals surface area contributed by atoms with Crippen LogP contribution in [-0.2, 0) is 0 Å². The van der Waals surface area contributed by atoms with Gasteiger partial charge in [0, 0.05) is 0 Å². The van der Waals surface area contributed by atoms with Crippen LogP contribution in [0.25, 0.3) is 0 Å². The summed E-state index contributed by atoms with van der Waals surface area (Å²) in [6.07, 6.45) is 13.7. The molecule has 0 aromatic rings. The number of unbranched alkanes of at least 4 members (excludes halogenated alkanes) is 5. The summed E-state index contributed by atoms with van der Waals surface area (Å²) in [7, 11) is 0. The molecule has 0 radical (unpaired) electrons. The van der Waals surface area contributed by atoms with Crippen LogP contribution in [0.1, 0.15) is 91.4 Å². The van der Waals surface area contributed by atoms with Gasteiger partial charge in [-0.1, -0.05) is 72.1 Å². The molecule has 1 N–H and O–H groups in total. The van der Waals surface area contributed by atoms with Crippen molar-refractivity contribution in [2.45, 2.75) is 97.5 Å². The largest absolute Gasteiger partial charge is 0.393 e. The van der Waals surface area contributed by atoms with Gasteiger partial charge in [-0.25, -0.2) is 0 Å². The fourth-order valence-corrected chi connectivity index (χ4v) is 2.49. The summed E-state index contributed by atoms with van der Waals surface area (Å²) in [4.78, 5) is 0. The van der Waals surface area contributed by atoms with E-state index in [0.717, 1.165) is 6.42 Å². The molecule has 0 bridgehead atoms. The van der Waals surface area contributed by atoms with E-state index in [1.807, 2.05) is 0 Å². The maximum Gasteiger partial charge on any atom is 0.0568 e. The highest BCUT2D eigenvalue weighted by atomic mass is 16.3. The van der Waals surface area contributed by atoms with Crippen LogP contribution in [-0.4, -0.2) is 11.2 Å². The predicted molar refractivity (Wildman–Crippen MR) is 77.3 cm³/mol. The molecule has 17 heavy (non-hydrogen) atoms. The number of hydrogen-bond acceptors (Lipinski definition) is 1. The highest BCUT2D eigenvalue weighted by Crippen LogP contribution is 2.23. The molecule has 1 unspecified atom stereocenters. The monoisotopic (exact) mass is 242 g/mol. The number of aliphatic hydroxyl groups excluding tert-OH is 1. The van der Waals surface area contributed by atoms with Gasteiger partial charge in [-0.15, -0.1) is 0 Å². The fourth-order valence-electron chi connectivity index (χ4n) is 2.49. The van der Waals surface area contributed by atoms with Crippen LogP contribution in [0.3, 0.4) is 0 Å². The Bertz CT molecular complexity index is 134. The number of aliphatic hydroxyl groups is 1. The molecule has 0 heterocycles. The molecule has 0 saturated heterocycles. The number of hydrogen-bond donors (Lipinski definition) is 1. The van der Waals surface area contributed by atoms with Gasteiger partial charge in [-0.3, -0.25) is 0 Å². The quantitative estimate of drug-likeness (QED) is 0.460. The molecule has 0 aliphatic heterocycles. The van der Waals surface area contributed by atoms with Gasteiger partial charge in [0.25, 0.3) is 0 Å². The Hall–Kier alpha value is -0.0400. The van der Waals surface area contributed by atoms with E-state index in [1.54, 1.807) is 0 Å². The van der Waals surface area contributed by atoms with Crippen molar-refractivity contribution in [3.8, 4) is 0 Å². The van der Waals surface area contributed by atoms with Crippen molar-refractivity contribution in [2.24, 2.45) is 5.92 Å². The zero-order valence-electron chi connectivity index (χ0n) is 12.4. The maximum atomic E-state index is 10.2. The Morgan fingerprint density at radius 2 is 1.12 bits per heavy atom. The third kappa shape index (κ3) is 9.64. The molecular weight excluding hydrogens is 208 g/mol. The summed E-state index contributed by atoms with van der Waals surface area (Å²) in [6.45, 7) is 6.70. The molecule has 104 valence electrons. The van der Waals surface area contributed by atoms with E-state index in [9.17, 15) is 5.11 Å². The molecular formula is C16H34O. The van der Waals surface area contributed by atoms with Crippen molar-refractivity contribution >= 4 is 0 Å². The lowest BCUT2D eigenvalue weighted by Crippen LogP contribution is -2.20. The van der Waals surface area contributed by atoms with Crippen molar-refractivity contribution in [1.82, 2.24) is 0 Å². The van der Waals surface area contributed by atoms with Crippen LogP contribution in [0.4, 0.5) is 0 Å². The summed E-state index contributed by atoms with van der Waals surface area (Å²) in [5.41, 5.74) is 0. The number of rotatable bonds is 12. The molecule has 1 heteroatoms. The van der Waals surface area contributed by atoms with Crippen LogP contribution >= 0.6 is 0 Å². The molecule has 0 aliphatic carbocycles. The first-order chi connectivity index (χ1) is 8.26. The van der Waals surface area contributed by atoms with Gasteiger partial charge < -0.3 is 5.11 Å². The van der Waals surface area contributed by atoms with Crippen LogP contribution < -0.4 is 0 Å². The van der Waals surface area contributed by atoms with Gasteiger partial charge in [0.15, 0.2) is 0 Å². The van der Waals surface area contributed by atoms with E-state index in [4.69, 9.17) is 0 Å².